The number of anilines is 1. The van der Waals surface area contributed by atoms with Crippen LogP contribution < -0.4 is 14.8 Å². The lowest BCUT2D eigenvalue weighted by Crippen LogP contribution is -2.29. The Morgan fingerprint density at radius 1 is 1.00 bits per heavy atom. The first-order valence-corrected chi connectivity index (χ1v) is 10.5. The molecule has 3 aromatic rings. The highest BCUT2D eigenvalue weighted by atomic mass is 35.5. The van der Waals surface area contributed by atoms with Crippen LogP contribution >= 0.6 is 23.2 Å². The number of carbonyl (C=O) groups excluding carboxylic acids is 1. The van der Waals surface area contributed by atoms with Crippen LogP contribution in [0.1, 0.15) is 10.4 Å². The summed E-state index contributed by atoms with van der Waals surface area (Å²) in [4.78, 5) is 11.7. The number of sulfonamides is 1. The number of benzene rings is 3. The molecule has 0 fully saturated rings. The van der Waals surface area contributed by atoms with Crippen molar-refractivity contribution < 1.29 is 17.9 Å². The maximum Gasteiger partial charge on any atom is 0.264 e. The second kappa shape index (κ2) is 8.32. The topological polar surface area (TPSA) is 89.7 Å². The normalized spacial score (nSPS) is 11.1. The van der Waals surface area contributed by atoms with Crippen molar-refractivity contribution in [2.45, 2.75) is 4.90 Å². The highest BCUT2D eigenvalue weighted by Crippen LogP contribution is 2.31. The summed E-state index contributed by atoms with van der Waals surface area (Å²) in [6.07, 6.45) is 0. The summed E-state index contributed by atoms with van der Waals surface area (Å²) < 4.78 is 32.6. The van der Waals surface area contributed by atoms with Crippen molar-refractivity contribution in [2.24, 2.45) is 5.73 Å². The summed E-state index contributed by atoms with van der Waals surface area (Å²) in [5.74, 6) is 0.0891. The van der Waals surface area contributed by atoms with Crippen molar-refractivity contribution in [3.8, 4) is 11.5 Å². The summed E-state index contributed by atoms with van der Waals surface area (Å²) in [6, 6.07) is 17.0. The van der Waals surface area contributed by atoms with Crippen LogP contribution in [0.5, 0.6) is 11.5 Å². The predicted octanol–water partition coefficient (Wildman–Crippen LogP) is 4.71. The first-order valence-electron chi connectivity index (χ1n) is 8.31. The van der Waals surface area contributed by atoms with Gasteiger partial charge in [-0.1, -0.05) is 35.3 Å². The molecule has 3 aromatic carbocycles. The maximum absolute atomic E-state index is 13.0. The van der Waals surface area contributed by atoms with E-state index in [2.05, 4.69) is 0 Å². The third-order valence-corrected chi connectivity index (χ3v) is 6.44. The van der Waals surface area contributed by atoms with Gasteiger partial charge in [-0.2, -0.15) is 0 Å². The van der Waals surface area contributed by atoms with E-state index in [4.69, 9.17) is 33.7 Å². The van der Waals surface area contributed by atoms with E-state index in [-0.39, 0.29) is 21.2 Å². The molecule has 0 aliphatic carbocycles. The zero-order valence-corrected chi connectivity index (χ0v) is 17.5. The van der Waals surface area contributed by atoms with E-state index in [1.54, 1.807) is 24.3 Å². The molecule has 29 heavy (non-hydrogen) atoms. The molecule has 0 heterocycles. The minimum atomic E-state index is -3.96. The summed E-state index contributed by atoms with van der Waals surface area (Å²) in [7, 11) is -2.63. The molecule has 0 aliphatic rings. The molecule has 3 rings (SSSR count). The fraction of sp³-hybridized carbons (Fsp3) is 0.0500. The molecular weight excluding hydrogens is 435 g/mol. The summed E-state index contributed by atoms with van der Waals surface area (Å²) >= 11 is 12.0. The van der Waals surface area contributed by atoms with Crippen LogP contribution in [0, 0.1) is 0 Å². The average Bonchev–Trinajstić information content (AvgIpc) is 2.69. The Labute approximate surface area is 178 Å². The lowest BCUT2D eigenvalue weighted by atomic mass is 10.1. The lowest BCUT2D eigenvalue weighted by Gasteiger charge is -2.22. The highest BCUT2D eigenvalue weighted by Gasteiger charge is 2.25. The zero-order valence-electron chi connectivity index (χ0n) is 15.2. The Bertz CT molecular complexity index is 1170. The predicted molar refractivity (Wildman–Crippen MR) is 114 cm³/mol. The van der Waals surface area contributed by atoms with Crippen molar-refractivity contribution in [1.82, 2.24) is 0 Å². The number of para-hydroxylation sites is 1. The summed E-state index contributed by atoms with van der Waals surface area (Å²) in [5, 5.41) is 0.708. The van der Waals surface area contributed by atoms with E-state index in [1.165, 1.54) is 49.5 Å². The van der Waals surface area contributed by atoms with Gasteiger partial charge in [-0.15, -0.1) is 0 Å². The van der Waals surface area contributed by atoms with Crippen LogP contribution in [0.3, 0.4) is 0 Å². The van der Waals surface area contributed by atoms with E-state index in [9.17, 15) is 13.2 Å². The Morgan fingerprint density at radius 3 is 2.28 bits per heavy atom. The third-order valence-electron chi connectivity index (χ3n) is 4.11. The number of hydrogen-bond acceptors (Lipinski definition) is 4. The van der Waals surface area contributed by atoms with Crippen LogP contribution in [0.4, 0.5) is 5.69 Å². The zero-order chi connectivity index (χ0) is 21.2. The average molecular weight is 451 g/mol. The van der Waals surface area contributed by atoms with Crippen LogP contribution in [0.15, 0.2) is 71.6 Å². The van der Waals surface area contributed by atoms with Crippen LogP contribution in [0.2, 0.25) is 10.0 Å². The molecule has 1 amide bonds. The van der Waals surface area contributed by atoms with Crippen molar-refractivity contribution >= 4 is 44.8 Å². The van der Waals surface area contributed by atoms with Gasteiger partial charge in [0.15, 0.2) is 0 Å². The number of ether oxygens (including phenoxy) is 1. The molecule has 150 valence electrons. The van der Waals surface area contributed by atoms with E-state index in [0.717, 1.165) is 4.31 Å². The molecule has 0 radical (unpaired) electrons. The molecule has 0 saturated carbocycles. The second-order valence-electron chi connectivity index (χ2n) is 6.00. The summed E-state index contributed by atoms with van der Waals surface area (Å²) in [6.45, 7) is 0. The van der Waals surface area contributed by atoms with Crippen molar-refractivity contribution in [3.05, 3.63) is 82.3 Å². The first-order chi connectivity index (χ1) is 13.7. The minimum Gasteiger partial charge on any atom is -0.456 e. The first kappa shape index (κ1) is 21.0. The molecule has 0 atom stereocenters. The molecular formula is C20H16Cl2N2O4S. The van der Waals surface area contributed by atoms with Crippen LogP contribution in [0.25, 0.3) is 0 Å². The number of nitrogens with two attached hydrogens (primary N) is 1. The van der Waals surface area contributed by atoms with Crippen molar-refractivity contribution in [1.29, 1.82) is 0 Å². The second-order valence-corrected chi connectivity index (χ2v) is 8.82. The highest BCUT2D eigenvalue weighted by molar-refractivity contribution is 7.92. The number of rotatable bonds is 6. The number of halogens is 2. The molecule has 0 spiro atoms. The quantitative estimate of drug-likeness (QED) is 0.588. The molecule has 0 aromatic heterocycles. The molecule has 0 saturated heterocycles. The van der Waals surface area contributed by atoms with Crippen molar-refractivity contribution in [2.75, 3.05) is 11.4 Å². The van der Waals surface area contributed by atoms with Gasteiger partial charge in [-0.05, 0) is 54.6 Å². The fourth-order valence-corrected chi connectivity index (χ4v) is 4.16. The monoisotopic (exact) mass is 450 g/mol. The van der Waals surface area contributed by atoms with Gasteiger partial charge in [0.05, 0.1) is 21.2 Å². The molecule has 9 heteroatoms. The standard InChI is InChI=1S/C20H16Cl2N2O4S/c1-24(18-11-6-13(21)12-16(18)20(23)25)29(26,27)15-9-7-14(8-10-15)28-19-5-3-2-4-17(19)22/h2-12H,1H3,(H2,23,25). The van der Waals surface area contributed by atoms with E-state index >= 15 is 0 Å². The van der Waals surface area contributed by atoms with Crippen LogP contribution in [-0.2, 0) is 10.0 Å². The van der Waals surface area contributed by atoms with Gasteiger partial charge >= 0.3 is 0 Å². The van der Waals surface area contributed by atoms with Crippen molar-refractivity contribution in [3.63, 3.8) is 0 Å². The van der Waals surface area contributed by atoms with Gasteiger partial charge < -0.3 is 10.5 Å². The smallest absolute Gasteiger partial charge is 0.264 e. The molecule has 0 unspecified atom stereocenters. The lowest BCUT2D eigenvalue weighted by molar-refractivity contribution is 0.100. The molecule has 2 N–H and O–H groups in total. The number of hydrogen-bond donors (Lipinski definition) is 1. The third kappa shape index (κ3) is 4.48. The van der Waals surface area contributed by atoms with Crippen LogP contribution in [-0.4, -0.2) is 21.4 Å². The Balaban J connectivity index is 1.90. The van der Waals surface area contributed by atoms with Gasteiger partial charge in [0.25, 0.3) is 15.9 Å². The van der Waals surface area contributed by atoms with Gasteiger partial charge in [-0.25, -0.2) is 8.42 Å². The Kier molecular flexibility index (Phi) is 6.02. The number of primary amides is 1. The minimum absolute atomic E-state index is 0.00208. The molecule has 0 aliphatic heterocycles. The Hall–Kier alpha value is -2.74. The summed E-state index contributed by atoms with van der Waals surface area (Å²) in [5.41, 5.74) is 5.49. The molecule has 0 bridgehead atoms. The number of carbonyl (C=O) groups is 1. The van der Waals surface area contributed by atoms with Gasteiger partial charge in [0, 0.05) is 12.1 Å². The largest absolute Gasteiger partial charge is 0.456 e. The van der Waals surface area contributed by atoms with E-state index in [1.807, 2.05) is 0 Å². The van der Waals surface area contributed by atoms with Gasteiger partial charge in [-0.3, -0.25) is 9.10 Å². The van der Waals surface area contributed by atoms with E-state index < -0.39 is 15.9 Å². The fourth-order valence-electron chi connectivity index (χ4n) is 2.60. The van der Waals surface area contributed by atoms with E-state index in [0.29, 0.717) is 16.5 Å². The molecule has 6 nitrogen and oxygen atoms in total. The Morgan fingerprint density at radius 2 is 1.66 bits per heavy atom. The SMILES string of the molecule is CN(c1ccc(Cl)cc1C(N)=O)S(=O)(=O)c1ccc(Oc2ccccc2Cl)cc1. The van der Waals surface area contributed by atoms with Gasteiger partial charge in [0.2, 0.25) is 0 Å². The maximum atomic E-state index is 13.0. The van der Waals surface area contributed by atoms with Gasteiger partial charge in [0.1, 0.15) is 11.5 Å². The number of nitrogens with zero attached hydrogens (tertiary/aromatic N) is 1. The number of amides is 1.